The Hall–Kier alpha value is -1.15. The molecule has 0 unspecified atom stereocenters. The molecule has 2 rings (SSSR count). The molecule has 1 fully saturated rings. The highest BCUT2D eigenvalue weighted by atomic mass is 16.1. The number of Topliss-reactive ketones (excluding diaryl/α,β-unsaturated/α-hetero) is 1. The lowest BCUT2D eigenvalue weighted by Gasteiger charge is -2.15. The SMILES string of the molecule is CC(=O)c1ccc(CN2CC[C@@H](C)C2)cc1. The van der Waals surface area contributed by atoms with E-state index in [1.54, 1.807) is 6.92 Å². The quantitative estimate of drug-likeness (QED) is 0.726. The Morgan fingerprint density at radius 1 is 1.38 bits per heavy atom. The Morgan fingerprint density at radius 2 is 2.06 bits per heavy atom. The van der Waals surface area contributed by atoms with E-state index in [4.69, 9.17) is 0 Å². The summed E-state index contributed by atoms with van der Waals surface area (Å²) >= 11 is 0. The van der Waals surface area contributed by atoms with Gasteiger partial charge in [0.1, 0.15) is 0 Å². The van der Waals surface area contributed by atoms with E-state index in [1.165, 1.54) is 25.1 Å². The first kappa shape index (κ1) is 11.3. The van der Waals surface area contributed by atoms with Crippen molar-refractivity contribution in [3.63, 3.8) is 0 Å². The van der Waals surface area contributed by atoms with E-state index >= 15 is 0 Å². The molecule has 2 heteroatoms. The van der Waals surface area contributed by atoms with Crippen molar-refractivity contribution in [3.8, 4) is 0 Å². The number of rotatable bonds is 3. The molecule has 1 aromatic carbocycles. The highest BCUT2D eigenvalue weighted by Gasteiger charge is 2.18. The molecule has 1 aliphatic rings. The Bertz CT molecular complexity index is 369. The van der Waals surface area contributed by atoms with Crippen molar-refractivity contribution in [1.82, 2.24) is 4.90 Å². The number of likely N-dealkylation sites (tertiary alicyclic amines) is 1. The average molecular weight is 217 g/mol. The number of carbonyl (C=O) groups excluding carboxylic acids is 1. The standard InChI is InChI=1S/C14H19NO/c1-11-7-8-15(9-11)10-13-3-5-14(6-4-13)12(2)16/h3-6,11H,7-10H2,1-2H3/t11-/m1/s1. The molecular formula is C14H19NO. The normalized spacial score (nSPS) is 21.2. The zero-order valence-electron chi connectivity index (χ0n) is 10.1. The monoisotopic (exact) mass is 217 g/mol. The van der Waals surface area contributed by atoms with Crippen LogP contribution in [-0.2, 0) is 6.54 Å². The molecule has 0 radical (unpaired) electrons. The van der Waals surface area contributed by atoms with Crippen LogP contribution in [0.5, 0.6) is 0 Å². The third-order valence-electron chi connectivity index (χ3n) is 3.27. The summed E-state index contributed by atoms with van der Waals surface area (Å²) in [6.45, 7) is 7.34. The maximum Gasteiger partial charge on any atom is 0.159 e. The van der Waals surface area contributed by atoms with Crippen LogP contribution < -0.4 is 0 Å². The maximum atomic E-state index is 11.1. The fourth-order valence-corrected chi connectivity index (χ4v) is 2.27. The third kappa shape index (κ3) is 2.70. The van der Waals surface area contributed by atoms with Crippen LogP contribution in [0.2, 0.25) is 0 Å². The van der Waals surface area contributed by atoms with Crippen molar-refractivity contribution in [1.29, 1.82) is 0 Å². The molecule has 0 bridgehead atoms. The van der Waals surface area contributed by atoms with Gasteiger partial charge in [-0.2, -0.15) is 0 Å². The van der Waals surface area contributed by atoms with E-state index in [1.807, 2.05) is 12.1 Å². The Balaban J connectivity index is 1.97. The maximum absolute atomic E-state index is 11.1. The number of benzene rings is 1. The van der Waals surface area contributed by atoms with Gasteiger partial charge in [0.2, 0.25) is 0 Å². The first-order valence-corrected chi connectivity index (χ1v) is 5.97. The second-order valence-electron chi connectivity index (χ2n) is 4.88. The Morgan fingerprint density at radius 3 is 2.56 bits per heavy atom. The van der Waals surface area contributed by atoms with E-state index in [-0.39, 0.29) is 5.78 Å². The van der Waals surface area contributed by atoms with Crippen LogP contribution in [0.25, 0.3) is 0 Å². The van der Waals surface area contributed by atoms with E-state index in [0.29, 0.717) is 0 Å². The van der Waals surface area contributed by atoms with Crippen LogP contribution in [0.15, 0.2) is 24.3 Å². The second kappa shape index (κ2) is 4.79. The van der Waals surface area contributed by atoms with Crippen molar-refractivity contribution in [3.05, 3.63) is 35.4 Å². The molecule has 2 nitrogen and oxygen atoms in total. The summed E-state index contributed by atoms with van der Waals surface area (Å²) in [7, 11) is 0. The number of ketones is 1. The van der Waals surface area contributed by atoms with Gasteiger partial charge in [-0.05, 0) is 31.4 Å². The molecular weight excluding hydrogens is 198 g/mol. The highest BCUT2D eigenvalue weighted by Crippen LogP contribution is 2.18. The van der Waals surface area contributed by atoms with E-state index in [0.717, 1.165) is 18.0 Å². The summed E-state index contributed by atoms with van der Waals surface area (Å²) < 4.78 is 0. The topological polar surface area (TPSA) is 20.3 Å². The number of hydrogen-bond donors (Lipinski definition) is 0. The van der Waals surface area contributed by atoms with Gasteiger partial charge in [0.05, 0.1) is 0 Å². The van der Waals surface area contributed by atoms with Gasteiger partial charge in [-0.15, -0.1) is 0 Å². The average Bonchev–Trinajstić information content (AvgIpc) is 2.65. The summed E-state index contributed by atoms with van der Waals surface area (Å²) in [5, 5.41) is 0. The molecule has 0 spiro atoms. The summed E-state index contributed by atoms with van der Waals surface area (Å²) in [6.07, 6.45) is 1.31. The van der Waals surface area contributed by atoms with Gasteiger partial charge in [0, 0.05) is 18.7 Å². The van der Waals surface area contributed by atoms with Crippen molar-refractivity contribution in [2.24, 2.45) is 5.92 Å². The van der Waals surface area contributed by atoms with Gasteiger partial charge >= 0.3 is 0 Å². The van der Waals surface area contributed by atoms with Gasteiger partial charge in [-0.1, -0.05) is 31.2 Å². The minimum absolute atomic E-state index is 0.140. The lowest BCUT2D eigenvalue weighted by Crippen LogP contribution is -2.19. The van der Waals surface area contributed by atoms with Crippen molar-refractivity contribution in [2.75, 3.05) is 13.1 Å². The largest absolute Gasteiger partial charge is 0.299 e. The van der Waals surface area contributed by atoms with Gasteiger partial charge < -0.3 is 0 Å². The van der Waals surface area contributed by atoms with Crippen LogP contribution in [0.1, 0.15) is 36.2 Å². The molecule has 1 atom stereocenters. The first-order chi connectivity index (χ1) is 7.65. The molecule has 16 heavy (non-hydrogen) atoms. The zero-order valence-corrected chi connectivity index (χ0v) is 10.1. The van der Waals surface area contributed by atoms with Gasteiger partial charge in [-0.25, -0.2) is 0 Å². The fraction of sp³-hybridized carbons (Fsp3) is 0.500. The summed E-state index contributed by atoms with van der Waals surface area (Å²) in [4.78, 5) is 13.6. The molecule has 0 amide bonds. The van der Waals surface area contributed by atoms with E-state index in [2.05, 4.69) is 24.0 Å². The van der Waals surface area contributed by atoms with Crippen LogP contribution in [-0.4, -0.2) is 23.8 Å². The highest BCUT2D eigenvalue weighted by molar-refractivity contribution is 5.93. The molecule has 0 N–H and O–H groups in total. The number of carbonyl (C=O) groups is 1. The lowest BCUT2D eigenvalue weighted by atomic mass is 10.1. The third-order valence-corrected chi connectivity index (χ3v) is 3.27. The van der Waals surface area contributed by atoms with Gasteiger partial charge in [-0.3, -0.25) is 9.69 Å². The molecule has 0 saturated carbocycles. The number of hydrogen-bond acceptors (Lipinski definition) is 2. The zero-order chi connectivity index (χ0) is 11.5. The van der Waals surface area contributed by atoms with Crippen molar-refractivity contribution < 1.29 is 4.79 Å². The van der Waals surface area contributed by atoms with Crippen LogP contribution in [0, 0.1) is 5.92 Å². The molecule has 0 aliphatic carbocycles. The molecule has 1 saturated heterocycles. The number of nitrogens with zero attached hydrogens (tertiary/aromatic N) is 1. The first-order valence-electron chi connectivity index (χ1n) is 5.97. The van der Waals surface area contributed by atoms with Crippen LogP contribution in [0.3, 0.4) is 0 Å². The minimum Gasteiger partial charge on any atom is -0.299 e. The lowest BCUT2D eigenvalue weighted by molar-refractivity contribution is 0.101. The van der Waals surface area contributed by atoms with Gasteiger partial charge in [0.25, 0.3) is 0 Å². The minimum atomic E-state index is 0.140. The summed E-state index contributed by atoms with van der Waals surface area (Å²) in [6, 6.07) is 7.99. The smallest absolute Gasteiger partial charge is 0.159 e. The predicted octanol–water partition coefficient (Wildman–Crippen LogP) is 2.73. The van der Waals surface area contributed by atoms with Crippen molar-refractivity contribution in [2.45, 2.75) is 26.8 Å². The summed E-state index contributed by atoms with van der Waals surface area (Å²) in [5.74, 6) is 0.970. The summed E-state index contributed by atoms with van der Waals surface area (Å²) in [5.41, 5.74) is 2.11. The predicted molar refractivity (Wildman–Crippen MR) is 65.5 cm³/mol. The Kier molecular flexibility index (Phi) is 3.39. The second-order valence-corrected chi connectivity index (χ2v) is 4.88. The van der Waals surface area contributed by atoms with Crippen LogP contribution >= 0.6 is 0 Å². The molecule has 1 aromatic rings. The fourth-order valence-electron chi connectivity index (χ4n) is 2.27. The Labute approximate surface area is 97.3 Å². The molecule has 1 aliphatic heterocycles. The van der Waals surface area contributed by atoms with Gasteiger partial charge in [0.15, 0.2) is 5.78 Å². The van der Waals surface area contributed by atoms with E-state index < -0.39 is 0 Å². The van der Waals surface area contributed by atoms with E-state index in [9.17, 15) is 4.79 Å². The van der Waals surface area contributed by atoms with Crippen LogP contribution in [0.4, 0.5) is 0 Å². The molecule has 1 heterocycles. The van der Waals surface area contributed by atoms with Crippen molar-refractivity contribution >= 4 is 5.78 Å². The molecule has 0 aromatic heterocycles. The molecule has 86 valence electrons.